The third-order valence-corrected chi connectivity index (χ3v) is 4.95. The Morgan fingerprint density at radius 3 is 2.52 bits per heavy atom. The van der Waals surface area contributed by atoms with Crippen LogP contribution in [0.5, 0.6) is 0 Å². The zero-order valence-corrected chi connectivity index (χ0v) is 13.7. The molecule has 3 heteroatoms. The van der Waals surface area contributed by atoms with E-state index in [2.05, 4.69) is 65.7 Å². The van der Waals surface area contributed by atoms with Crippen molar-refractivity contribution in [1.29, 1.82) is 0 Å². The molecule has 0 bridgehead atoms. The third-order valence-electron chi connectivity index (χ3n) is 4.95. The summed E-state index contributed by atoms with van der Waals surface area (Å²) >= 11 is 0. The van der Waals surface area contributed by atoms with Gasteiger partial charge in [-0.25, -0.2) is 0 Å². The van der Waals surface area contributed by atoms with Gasteiger partial charge in [0.05, 0.1) is 19.3 Å². The Bertz CT molecular complexity index is 662. The molecule has 2 aliphatic rings. The van der Waals surface area contributed by atoms with Gasteiger partial charge in [0.15, 0.2) is 0 Å². The van der Waals surface area contributed by atoms with E-state index in [1.54, 1.807) is 0 Å². The highest BCUT2D eigenvalue weighted by atomic mass is 16.5. The molecular weight excluding hydrogens is 284 g/mol. The Morgan fingerprint density at radius 1 is 1.00 bits per heavy atom. The zero-order chi connectivity index (χ0) is 15.6. The topological polar surface area (TPSA) is 24.5 Å². The molecule has 1 N–H and O–H groups in total. The van der Waals surface area contributed by atoms with Crippen LogP contribution in [0.25, 0.3) is 0 Å². The van der Waals surface area contributed by atoms with Crippen molar-refractivity contribution in [2.45, 2.75) is 25.4 Å². The highest BCUT2D eigenvalue weighted by Crippen LogP contribution is 2.31. The second-order valence-corrected chi connectivity index (χ2v) is 6.59. The molecule has 1 unspecified atom stereocenters. The van der Waals surface area contributed by atoms with Gasteiger partial charge in [-0.05, 0) is 42.2 Å². The van der Waals surface area contributed by atoms with Crippen molar-refractivity contribution in [3.05, 3.63) is 65.2 Å². The summed E-state index contributed by atoms with van der Waals surface area (Å²) in [5, 5.41) is 3.75. The molecule has 0 radical (unpaired) electrons. The van der Waals surface area contributed by atoms with Crippen molar-refractivity contribution in [2.75, 3.05) is 31.2 Å². The van der Waals surface area contributed by atoms with Crippen LogP contribution < -0.4 is 10.2 Å². The number of morpholine rings is 1. The third kappa shape index (κ3) is 2.99. The predicted octanol–water partition coefficient (Wildman–Crippen LogP) is 3.15. The van der Waals surface area contributed by atoms with Crippen LogP contribution in [0.3, 0.4) is 0 Å². The van der Waals surface area contributed by atoms with Gasteiger partial charge in [0.25, 0.3) is 0 Å². The number of rotatable bonds is 2. The van der Waals surface area contributed by atoms with Crippen molar-refractivity contribution in [1.82, 2.24) is 5.32 Å². The number of anilines is 1. The molecule has 2 aliphatic heterocycles. The molecule has 2 atom stereocenters. The van der Waals surface area contributed by atoms with Crippen LogP contribution in [0.2, 0.25) is 0 Å². The van der Waals surface area contributed by atoms with Crippen LogP contribution in [0, 0.1) is 0 Å². The summed E-state index contributed by atoms with van der Waals surface area (Å²) in [6, 6.07) is 18.7. The average Bonchev–Trinajstić information content (AvgIpc) is 2.62. The number of benzene rings is 2. The number of nitrogens with one attached hydrogen (secondary N) is 1. The van der Waals surface area contributed by atoms with Crippen LogP contribution in [0.15, 0.2) is 48.5 Å². The quantitative estimate of drug-likeness (QED) is 0.922. The van der Waals surface area contributed by atoms with Gasteiger partial charge in [-0.15, -0.1) is 0 Å². The van der Waals surface area contributed by atoms with Gasteiger partial charge in [0, 0.05) is 24.8 Å². The van der Waals surface area contributed by atoms with E-state index >= 15 is 0 Å². The number of hydrogen-bond donors (Lipinski definition) is 1. The molecule has 2 heterocycles. The van der Waals surface area contributed by atoms with Crippen molar-refractivity contribution < 1.29 is 4.74 Å². The van der Waals surface area contributed by atoms with Crippen molar-refractivity contribution in [3.63, 3.8) is 0 Å². The molecule has 1 saturated heterocycles. The summed E-state index contributed by atoms with van der Waals surface area (Å²) in [7, 11) is 0. The van der Waals surface area contributed by atoms with E-state index in [0.29, 0.717) is 12.1 Å². The van der Waals surface area contributed by atoms with E-state index < -0.39 is 0 Å². The molecule has 23 heavy (non-hydrogen) atoms. The van der Waals surface area contributed by atoms with Crippen molar-refractivity contribution in [3.8, 4) is 0 Å². The van der Waals surface area contributed by atoms with Crippen LogP contribution in [-0.2, 0) is 11.2 Å². The lowest BCUT2D eigenvalue weighted by Crippen LogP contribution is -2.38. The van der Waals surface area contributed by atoms with Gasteiger partial charge >= 0.3 is 0 Å². The highest BCUT2D eigenvalue weighted by Gasteiger charge is 2.24. The van der Waals surface area contributed by atoms with Crippen LogP contribution in [0.1, 0.15) is 29.7 Å². The van der Waals surface area contributed by atoms with Gasteiger partial charge in [0.2, 0.25) is 0 Å². The lowest BCUT2D eigenvalue weighted by molar-refractivity contribution is 0.122. The zero-order valence-electron chi connectivity index (χ0n) is 13.7. The fourth-order valence-electron chi connectivity index (χ4n) is 3.74. The number of fused-ring (bicyclic) bond motifs is 1. The fourth-order valence-corrected chi connectivity index (χ4v) is 3.74. The Labute approximate surface area is 138 Å². The first-order valence-electron chi connectivity index (χ1n) is 8.58. The standard InChI is InChI=1S/C20H24N2O/c1-15-14-17-4-2-3-5-19(17)20(21-15)16-6-8-18(9-7-16)22-10-12-23-13-11-22/h2-9,15,20-21H,10-14H2,1H3/t15-,20?/m0/s1. The Balaban J connectivity index is 1.60. The summed E-state index contributed by atoms with van der Waals surface area (Å²) in [5.74, 6) is 0. The molecule has 3 nitrogen and oxygen atoms in total. The van der Waals surface area contributed by atoms with E-state index in [4.69, 9.17) is 4.74 Å². The minimum atomic E-state index is 0.300. The normalized spacial score (nSPS) is 24.3. The Hall–Kier alpha value is -1.84. The summed E-state index contributed by atoms with van der Waals surface area (Å²) in [6.45, 7) is 5.90. The van der Waals surface area contributed by atoms with Gasteiger partial charge in [-0.2, -0.15) is 0 Å². The minimum absolute atomic E-state index is 0.300. The first-order valence-corrected chi connectivity index (χ1v) is 8.58. The summed E-state index contributed by atoms with van der Waals surface area (Å²) in [5.41, 5.74) is 5.54. The molecular formula is C20H24N2O. The fraction of sp³-hybridized carbons (Fsp3) is 0.400. The van der Waals surface area contributed by atoms with Crippen LogP contribution in [0.4, 0.5) is 5.69 Å². The number of hydrogen-bond acceptors (Lipinski definition) is 3. The largest absolute Gasteiger partial charge is 0.378 e. The molecule has 0 aliphatic carbocycles. The van der Waals surface area contributed by atoms with Crippen LogP contribution in [-0.4, -0.2) is 32.3 Å². The second kappa shape index (κ2) is 6.34. The van der Waals surface area contributed by atoms with E-state index in [0.717, 1.165) is 32.7 Å². The molecule has 0 amide bonds. The minimum Gasteiger partial charge on any atom is -0.378 e. The number of ether oxygens (including phenoxy) is 1. The first kappa shape index (κ1) is 14.7. The number of nitrogens with zero attached hydrogens (tertiary/aromatic N) is 1. The summed E-state index contributed by atoms with van der Waals surface area (Å²) in [6.07, 6.45) is 1.11. The van der Waals surface area contributed by atoms with Gasteiger partial charge in [0.1, 0.15) is 0 Å². The monoisotopic (exact) mass is 308 g/mol. The van der Waals surface area contributed by atoms with Gasteiger partial charge in [-0.1, -0.05) is 36.4 Å². The lowest BCUT2D eigenvalue weighted by Gasteiger charge is -2.33. The molecule has 120 valence electrons. The predicted molar refractivity (Wildman–Crippen MR) is 94.1 cm³/mol. The summed E-state index contributed by atoms with van der Waals surface area (Å²) in [4.78, 5) is 2.40. The smallest absolute Gasteiger partial charge is 0.0642 e. The van der Waals surface area contributed by atoms with Crippen LogP contribution >= 0.6 is 0 Å². The Kier molecular flexibility index (Phi) is 4.06. The molecule has 4 rings (SSSR count). The first-order chi connectivity index (χ1) is 11.3. The van der Waals surface area contributed by atoms with Gasteiger partial charge in [-0.3, -0.25) is 0 Å². The Morgan fingerprint density at radius 2 is 1.74 bits per heavy atom. The van der Waals surface area contributed by atoms with Crippen molar-refractivity contribution in [2.24, 2.45) is 0 Å². The maximum Gasteiger partial charge on any atom is 0.0642 e. The molecule has 2 aromatic rings. The average molecular weight is 308 g/mol. The maximum absolute atomic E-state index is 5.44. The molecule has 0 aromatic heterocycles. The van der Waals surface area contributed by atoms with Crippen molar-refractivity contribution >= 4 is 5.69 Å². The molecule has 1 fully saturated rings. The summed E-state index contributed by atoms with van der Waals surface area (Å²) < 4.78 is 5.44. The molecule has 0 saturated carbocycles. The van der Waals surface area contributed by atoms with E-state index in [9.17, 15) is 0 Å². The SMILES string of the molecule is C[C@H]1Cc2ccccc2C(c2ccc(N3CCOCC3)cc2)N1. The highest BCUT2D eigenvalue weighted by molar-refractivity contribution is 5.50. The second-order valence-electron chi connectivity index (χ2n) is 6.59. The maximum atomic E-state index is 5.44. The van der Waals surface area contributed by atoms with E-state index in [1.807, 2.05) is 0 Å². The lowest BCUT2D eigenvalue weighted by atomic mass is 9.87. The molecule has 2 aromatic carbocycles. The van der Waals surface area contributed by atoms with E-state index in [-0.39, 0.29) is 0 Å². The van der Waals surface area contributed by atoms with E-state index in [1.165, 1.54) is 22.4 Å². The van der Waals surface area contributed by atoms with Gasteiger partial charge < -0.3 is 15.0 Å². The molecule has 0 spiro atoms.